The molecule has 1 spiro atoms. The maximum atomic E-state index is 13.0. The summed E-state index contributed by atoms with van der Waals surface area (Å²) in [6.07, 6.45) is 1.60. The molecule has 2 aliphatic heterocycles. The molecule has 2 saturated heterocycles. The van der Waals surface area contributed by atoms with E-state index in [1.54, 1.807) is 23.0 Å². The van der Waals surface area contributed by atoms with Crippen LogP contribution < -0.4 is 4.74 Å². The van der Waals surface area contributed by atoms with E-state index in [-0.39, 0.29) is 23.0 Å². The summed E-state index contributed by atoms with van der Waals surface area (Å²) in [6.45, 7) is 4.38. The number of hydrogen-bond acceptors (Lipinski definition) is 6. The zero-order chi connectivity index (χ0) is 21.0. The van der Waals surface area contributed by atoms with Gasteiger partial charge in [-0.2, -0.15) is 0 Å². The third-order valence-corrected chi connectivity index (χ3v) is 5.88. The van der Waals surface area contributed by atoms with Crippen molar-refractivity contribution >= 4 is 11.8 Å². The molecule has 2 fully saturated rings. The van der Waals surface area contributed by atoms with Gasteiger partial charge in [0.15, 0.2) is 0 Å². The van der Waals surface area contributed by atoms with Gasteiger partial charge in [0.05, 0.1) is 12.7 Å². The predicted molar refractivity (Wildman–Crippen MR) is 106 cm³/mol. The van der Waals surface area contributed by atoms with Gasteiger partial charge in [-0.1, -0.05) is 0 Å². The zero-order valence-electron chi connectivity index (χ0n) is 17.1. The maximum absolute atomic E-state index is 13.0. The first-order valence-corrected chi connectivity index (χ1v) is 10.0. The summed E-state index contributed by atoms with van der Waals surface area (Å²) >= 11 is 0. The number of nitrogens with zero attached hydrogens (tertiary/aromatic N) is 2. The minimum atomic E-state index is -0.521. The van der Waals surface area contributed by atoms with Crippen molar-refractivity contribution in [3.8, 4) is 11.5 Å². The molecule has 0 aliphatic carbocycles. The van der Waals surface area contributed by atoms with E-state index in [0.717, 1.165) is 12.8 Å². The van der Waals surface area contributed by atoms with Crippen LogP contribution in [0.15, 0.2) is 18.2 Å². The summed E-state index contributed by atoms with van der Waals surface area (Å²) in [7, 11) is 1.57. The first-order chi connectivity index (χ1) is 13.8. The molecule has 1 unspecified atom stereocenters. The Bertz CT molecular complexity index is 745. The lowest BCUT2D eigenvalue weighted by Gasteiger charge is -2.49. The van der Waals surface area contributed by atoms with E-state index in [4.69, 9.17) is 9.47 Å². The Morgan fingerprint density at radius 1 is 1.17 bits per heavy atom. The van der Waals surface area contributed by atoms with Crippen LogP contribution >= 0.6 is 0 Å². The summed E-state index contributed by atoms with van der Waals surface area (Å²) in [6, 6.07) is 4.54. The van der Waals surface area contributed by atoms with Crippen LogP contribution in [-0.4, -0.2) is 84.4 Å². The van der Waals surface area contributed by atoms with Gasteiger partial charge in [-0.05, 0) is 36.8 Å². The lowest BCUT2D eigenvalue weighted by atomic mass is 9.71. The van der Waals surface area contributed by atoms with Gasteiger partial charge in [-0.3, -0.25) is 9.59 Å². The number of carbonyl (C=O) groups excluding carboxylic acids is 2. The minimum absolute atomic E-state index is 0.0238. The SMILES string of the molecule is COCCOc1cc(O)cc(C(=O)N2CCC3(CC2)CC(O)CN(C(C)=O)C3)c1. The summed E-state index contributed by atoms with van der Waals surface area (Å²) in [5.41, 5.74) is 0.232. The normalized spacial score (nSPS) is 21.3. The van der Waals surface area contributed by atoms with Gasteiger partial charge in [-0.25, -0.2) is 0 Å². The summed E-state index contributed by atoms with van der Waals surface area (Å²) in [5, 5.41) is 20.2. The quantitative estimate of drug-likeness (QED) is 0.714. The van der Waals surface area contributed by atoms with Gasteiger partial charge >= 0.3 is 0 Å². The van der Waals surface area contributed by atoms with E-state index in [9.17, 15) is 19.8 Å². The van der Waals surface area contributed by atoms with Crippen LogP contribution in [0.25, 0.3) is 0 Å². The topological polar surface area (TPSA) is 99.5 Å². The number of phenolic OH excluding ortho intramolecular Hbond substituents is 1. The van der Waals surface area contributed by atoms with E-state index in [2.05, 4.69) is 0 Å². The lowest BCUT2D eigenvalue weighted by Crippen LogP contribution is -2.55. The number of piperidine rings is 2. The van der Waals surface area contributed by atoms with E-state index in [1.807, 2.05) is 0 Å². The number of aliphatic hydroxyl groups excluding tert-OH is 1. The van der Waals surface area contributed by atoms with Crippen molar-refractivity contribution < 1.29 is 29.3 Å². The van der Waals surface area contributed by atoms with Crippen molar-refractivity contribution in [2.75, 3.05) is 46.5 Å². The van der Waals surface area contributed by atoms with Gasteiger partial charge in [-0.15, -0.1) is 0 Å². The number of hydrogen-bond donors (Lipinski definition) is 2. The molecule has 0 radical (unpaired) electrons. The third-order valence-electron chi connectivity index (χ3n) is 5.88. The second-order valence-electron chi connectivity index (χ2n) is 8.11. The Kier molecular flexibility index (Phi) is 6.64. The molecular formula is C21H30N2O6. The number of amides is 2. The van der Waals surface area contributed by atoms with E-state index >= 15 is 0 Å². The van der Waals surface area contributed by atoms with E-state index < -0.39 is 6.10 Å². The summed E-state index contributed by atoms with van der Waals surface area (Å²) in [4.78, 5) is 28.2. The smallest absolute Gasteiger partial charge is 0.254 e. The van der Waals surface area contributed by atoms with Crippen molar-refractivity contribution in [2.45, 2.75) is 32.3 Å². The van der Waals surface area contributed by atoms with Crippen LogP contribution in [-0.2, 0) is 9.53 Å². The largest absolute Gasteiger partial charge is 0.508 e. The van der Waals surface area contributed by atoms with Crippen LogP contribution in [0, 0.1) is 5.41 Å². The number of aliphatic hydroxyl groups is 1. The Morgan fingerprint density at radius 3 is 2.55 bits per heavy atom. The molecule has 1 atom stereocenters. The van der Waals surface area contributed by atoms with Crippen molar-refractivity contribution in [3.63, 3.8) is 0 Å². The van der Waals surface area contributed by atoms with Crippen LogP contribution in [0.2, 0.25) is 0 Å². The molecule has 160 valence electrons. The van der Waals surface area contributed by atoms with Crippen molar-refractivity contribution in [3.05, 3.63) is 23.8 Å². The molecule has 8 heteroatoms. The van der Waals surface area contributed by atoms with Crippen LogP contribution in [0.4, 0.5) is 0 Å². The fraction of sp³-hybridized carbons (Fsp3) is 0.619. The number of phenols is 1. The fourth-order valence-electron chi connectivity index (χ4n) is 4.35. The zero-order valence-corrected chi connectivity index (χ0v) is 17.1. The standard InChI is InChI=1S/C21H30N2O6/c1-15(24)23-13-18(26)12-21(14-23)3-5-22(6-4-21)20(27)16-9-17(25)11-19(10-16)29-8-7-28-2/h9-11,18,25-26H,3-8,12-14H2,1-2H3. The van der Waals surface area contributed by atoms with Gasteiger partial charge in [0.25, 0.3) is 5.91 Å². The third kappa shape index (κ3) is 5.19. The molecule has 2 N–H and O–H groups in total. The predicted octanol–water partition coefficient (Wildman–Crippen LogP) is 1.25. The lowest BCUT2D eigenvalue weighted by molar-refractivity contribution is -0.137. The number of ether oxygens (including phenoxy) is 2. The second-order valence-corrected chi connectivity index (χ2v) is 8.11. The van der Waals surface area contributed by atoms with E-state index in [1.165, 1.54) is 19.1 Å². The number of benzene rings is 1. The van der Waals surface area contributed by atoms with Crippen LogP contribution in [0.5, 0.6) is 11.5 Å². The van der Waals surface area contributed by atoms with Crippen LogP contribution in [0.1, 0.15) is 36.5 Å². The molecular weight excluding hydrogens is 376 g/mol. The van der Waals surface area contributed by atoms with E-state index in [0.29, 0.717) is 57.1 Å². The summed E-state index contributed by atoms with van der Waals surface area (Å²) in [5.74, 6) is 0.213. The molecule has 2 amide bonds. The fourth-order valence-corrected chi connectivity index (χ4v) is 4.35. The molecule has 0 bridgehead atoms. The highest BCUT2D eigenvalue weighted by atomic mass is 16.5. The molecule has 0 saturated carbocycles. The number of methoxy groups -OCH3 is 1. The molecule has 2 aliphatic rings. The summed E-state index contributed by atoms with van der Waals surface area (Å²) < 4.78 is 10.5. The van der Waals surface area contributed by atoms with Crippen molar-refractivity contribution in [1.82, 2.24) is 9.80 Å². The Balaban J connectivity index is 1.65. The first-order valence-electron chi connectivity index (χ1n) is 10.0. The highest BCUT2D eigenvalue weighted by molar-refractivity contribution is 5.95. The highest BCUT2D eigenvalue weighted by Gasteiger charge is 2.43. The average Bonchev–Trinajstić information content (AvgIpc) is 2.67. The molecule has 2 heterocycles. The van der Waals surface area contributed by atoms with Crippen molar-refractivity contribution in [1.29, 1.82) is 0 Å². The van der Waals surface area contributed by atoms with Gasteiger partial charge in [0.2, 0.25) is 5.91 Å². The van der Waals surface area contributed by atoms with Gasteiger partial charge in [0, 0.05) is 51.8 Å². The Morgan fingerprint density at radius 2 is 1.90 bits per heavy atom. The molecule has 8 nitrogen and oxygen atoms in total. The average molecular weight is 406 g/mol. The van der Waals surface area contributed by atoms with Gasteiger partial charge < -0.3 is 29.5 Å². The minimum Gasteiger partial charge on any atom is -0.508 e. The van der Waals surface area contributed by atoms with Crippen molar-refractivity contribution in [2.24, 2.45) is 5.41 Å². The molecule has 0 aromatic heterocycles. The number of carbonyl (C=O) groups is 2. The first kappa shape index (κ1) is 21.4. The Hall–Kier alpha value is -2.32. The Labute approximate surface area is 171 Å². The number of aromatic hydroxyl groups is 1. The number of rotatable bonds is 5. The molecule has 3 rings (SSSR count). The molecule has 1 aromatic rings. The molecule has 1 aromatic carbocycles. The number of likely N-dealkylation sites (tertiary alicyclic amines) is 2. The number of β-amino-alcohol motifs (C(OH)–C–C–N with tert-alkyl or cyclic N) is 1. The maximum Gasteiger partial charge on any atom is 0.254 e. The monoisotopic (exact) mass is 406 g/mol. The molecule has 29 heavy (non-hydrogen) atoms. The van der Waals surface area contributed by atoms with Crippen LogP contribution in [0.3, 0.4) is 0 Å². The van der Waals surface area contributed by atoms with Gasteiger partial charge in [0.1, 0.15) is 18.1 Å². The second kappa shape index (κ2) is 9.00. The highest BCUT2D eigenvalue weighted by Crippen LogP contribution is 2.40.